The number of benzene rings is 4. The Morgan fingerprint density at radius 2 is 1.34 bits per heavy atom. The van der Waals surface area contributed by atoms with E-state index in [1.165, 1.54) is 14.2 Å². The molecule has 0 saturated carbocycles. The number of phenols is 1. The van der Waals surface area contributed by atoms with Gasteiger partial charge in [0.1, 0.15) is 11.3 Å². The van der Waals surface area contributed by atoms with E-state index in [4.69, 9.17) is 9.47 Å². The summed E-state index contributed by atoms with van der Waals surface area (Å²) in [6.07, 6.45) is 0. The average Bonchev–Trinajstić information content (AvgIpc) is 2.77. The predicted octanol–water partition coefficient (Wildman–Crippen LogP) is 4.94. The number of esters is 2. The normalized spacial score (nSPS) is 10.8. The van der Waals surface area contributed by atoms with E-state index in [1.807, 2.05) is 48.5 Å². The highest BCUT2D eigenvalue weighted by Gasteiger charge is 2.22. The van der Waals surface area contributed by atoms with Gasteiger partial charge in [-0.25, -0.2) is 9.59 Å². The SMILES string of the molecule is COC(=O)c1cc(-c2c(O)c(C(=O)OC)cc3ccccc23)c2ccccc2c1. The molecule has 4 aromatic carbocycles. The van der Waals surface area contributed by atoms with Crippen molar-refractivity contribution in [3.63, 3.8) is 0 Å². The number of carbonyl (C=O) groups excluding carboxylic acids is 2. The van der Waals surface area contributed by atoms with Crippen LogP contribution < -0.4 is 0 Å². The number of ether oxygens (including phenoxy) is 2. The minimum Gasteiger partial charge on any atom is -0.506 e. The van der Waals surface area contributed by atoms with Crippen LogP contribution in [0.25, 0.3) is 32.7 Å². The summed E-state index contributed by atoms with van der Waals surface area (Å²) in [7, 11) is 2.59. The summed E-state index contributed by atoms with van der Waals surface area (Å²) in [5.41, 5.74) is 1.51. The number of rotatable bonds is 3. The minimum absolute atomic E-state index is 0.0637. The quantitative estimate of drug-likeness (QED) is 0.505. The molecule has 0 aromatic heterocycles. The maximum absolute atomic E-state index is 12.3. The Bertz CT molecular complexity index is 1270. The van der Waals surface area contributed by atoms with Crippen LogP contribution in [0.4, 0.5) is 0 Å². The van der Waals surface area contributed by atoms with Crippen molar-refractivity contribution >= 4 is 33.5 Å². The molecule has 0 aliphatic heterocycles. The number of hydrogen-bond acceptors (Lipinski definition) is 5. The summed E-state index contributed by atoms with van der Waals surface area (Å²) in [6.45, 7) is 0. The van der Waals surface area contributed by atoms with Gasteiger partial charge in [0.15, 0.2) is 0 Å². The van der Waals surface area contributed by atoms with E-state index in [0.717, 1.165) is 21.5 Å². The molecular formula is C24H18O5. The van der Waals surface area contributed by atoms with Crippen LogP contribution >= 0.6 is 0 Å². The van der Waals surface area contributed by atoms with Crippen LogP contribution in [0.1, 0.15) is 20.7 Å². The Labute approximate surface area is 167 Å². The Kier molecular flexibility index (Phi) is 4.64. The Balaban J connectivity index is 2.17. The largest absolute Gasteiger partial charge is 0.506 e. The van der Waals surface area contributed by atoms with E-state index in [9.17, 15) is 14.7 Å². The third-order valence-corrected chi connectivity index (χ3v) is 4.98. The molecule has 1 N–H and O–H groups in total. The van der Waals surface area contributed by atoms with Crippen LogP contribution in [0, 0.1) is 0 Å². The fraction of sp³-hybridized carbons (Fsp3) is 0.0833. The van der Waals surface area contributed by atoms with Crippen molar-refractivity contribution in [3.8, 4) is 16.9 Å². The smallest absolute Gasteiger partial charge is 0.341 e. The maximum Gasteiger partial charge on any atom is 0.341 e. The van der Waals surface area contributed by atoms with Crippen LogP contribution in [-0.4, -0.2) is 31.3 Å². The molecule has 0 bridgehead atoms. The van der Waals surface area contributed by atoms with Gasteiger partial charge in [0.25, 0.3) is 0 Å². The molecule has 4 aromatic rings. The predicted molar refractivity (Wildman–Crippen MR) is 111 cm³/mol. The zero-order valence-corrected chi connectivity index (χ0v) is 15.9. The summed E-state index contributed by atoms with van der Waals surface area (Å²) in [4.78, 5) is 24.5. The van der Waals surface area contributed by atoms with Gasteiger partial charge < -0.3 is 14.6 Å². The van der Waals surface area contributed by atoms with E-state index >= 15 is 0 Å². The van der Waals surface area contributed by atoms with Gasteiger partial charge in [-0.05, 0) is 45.3 Å². The molecule has 0 aliphatic rings. The summed E-state index contributed by atoms with van der Waals surface area (Å²) < 4.78 is 9.75. The number of methoxy groups -OCH3 is 2. The summed E-state index contributed by atoms with van der Waals surface area (Å²) >= 11 is 0. The van der Waals surface area contributed by atoms with Crippen LogP contribution in [0.15, 0.2) is 66.7 Å². The highest BCUT2D eigenvalue weighted by molar-refractivity contribution is 6.13. The van der Waals surface area contributed by atoms with Crippen molar-refractivity contribution in [2.75, 3.05) is 14.2 Å². The van der Waals surface area contributed by atoms with Crippen molar-refractivity contribution in [2.45, 2.75) is 0 Å². The van der Waals surface area contributed by atoms with Crippen molar-refractivity contribution in [3.05, 3.63) is 77.9 Å². The average molecular weight is 386 g/mol. The highest BCUT2D eigenvalue weighted by Crippen LogP contribution is 2.42. The molecule has 0 radical (unpaired) electrons. The molecule has 0 heterocycles. The molecule has 4 rings (SSSR count). The van der Waals surface area contributed by atoms with E-state index in [0.29, 0.717) is 16.7 Å². The number of aromatic hydroxyl groups is 1. The fourth-order valence-electron chi connectivity index (χ4n) is 3.63. The first-order chi connectivity index (χ1) is 14.0. The van der Waals surface area contributed by atoms with Crippen molar-refractivity contribution < 1.29 is 24.2 Å². The first-order valence-electron chi connectivity index (χ1n) is 8.99. The zero-order chi connectivity index (χ0) is 20.5. The van der Waals surface area contributed by atoms with Gasteiger partial charge >= 0.3 is 11.9 Å². The summed E-state index contributed by atoms with van der Waals surface area (Å²) in [6, 6.07) is 20.0. The van der Waals surface area contributed by atoms with E-state index in [2.05, 4.69) is 0 Å². The summed E-state index contributed by atoms with van der Waals surface area (Å²) in [5.74, 6) is -1.31. The summed E-state index contributed by atoms with van der Waals surface area (Å²) in [5, 5.41) is 14.2. The number of phenolic OH excluding ortho intramolecular Hbond substituents is 1. The van der Waals surface area contributed by atoms with Crippen LogP contribution in [-0.2, 0) is 9.47 Å². The molecule has 0 spiro atoms. The second kappa shape index (κ2) is 7.28. The zero-order valence-electron chi connectivity index (χ0n) is 15.9. The molecule has 0 atom stereocenters. The van der Waals surface area contributed by atoms with Crippen molar-refractivity contribution in [2.24, 2.45) is 0 Å². The van der Waals surface area contributed by atoms with Gasteiger partial charge in [-0.15, -0.1) is 0 Å². The maximum atomic E-state index is 12.3. The van der Waals surface area contributed by atoms with Crippen LogP contribution in [0.3, 0.4) is 0 Å². The monoisotopic (exact) mass is 386 g/mol. The third-order valence-electron chi connectivity index (χ3n) is 4.98. The minimum atomic E-state index is -0.636. The molecule has 144 valence electrons. The lowest BCUT2D eigenvalue weighted by Crippen LogP contribution is -2.04. The molecule has 5 heteroatoms. The lowest BCUT2D eigenvalue weighted by atomic mass is 9.89. The van der Waals surface area contributed by atoms with Crippen LogP contribution in [0.2, 0.25) is 0 Å². The molecule has 0 aliphatic carbocycles. The molecular weight excluding hydrogens is 368 g/mol. The first kappa shape index (κ1) is 18.5. The van der Waals surface area contributed by atoms with Crippen molar-refractivity contribution in [1.82, 2.24) is 0 Å². The Hall–Kier alpha value is -3.86. The molecule has 0 unspecified atom stereocenters. The van der Waals surface area contributed by atoms with E-state index < -0.39 is 11.9 Å². The highest BCUT2D eigenvalue weighted by atomic mass is 16.5. The van der Waals surface area contributed by atoms with Gasteiger partial charge in [-0.2, -0.15) is 0 Å². The van der Waals surface area contributed by atoms with Gasteiger partial charge in [-0.3, -0.25) is 0 Å². The Morgan fingerprint density at radius 1 is 0.759 bits per heavy atom. The first-order valence-corrected chi connectivity index (χ1v) is 8.99. The fourth-order valence-corrected chi connectivity index (χ4v) is 3.63. The molecule has 0 amide bonds. The van der Waals surface area contributed by atoms with Gasteiger partial charge in [0.2, 0.25) is 0 Å². The van der Waals surface area contributed by atoms with Crippen LogP contribution in [0.5, 0.6) is 5.75 Å². The lowest BCUT2D eigenvalue weighted by molar-refractivity contribution is 0.0590. The lowest BCUT2D eigenvalue weighted by Gasteiger charge is -2.16. The van der Waals surface area contributed by atoms with Gasteiger partial charge in [0.05, 0.1) is 19.8 Å². The standard InChI is InChI=1S/C24H18O5/c1-28-23(26)16-11-14-7-3-5-9-17(14)19(13-16)21-18-10-6-4-8-15(18)12-20(22(21)25)24(27)29-2/h3-13,25H,1-2H3. The third kappa shape index (κ3) is 3.06. The van der Waals surface area contributed by atoms with E-state index in [-0.39, 0.29) is 11.3 Å². The molecule has 0 fully saturated rings. The van der Waals surface area contributed by atoms with Gasteiger partial charge in [0, 0.05) is 5.56 Å². The number of carbonyl (C=O) groups is 2. The molecule has 5 nitrogen and oxygen atoms in total. The van der Waals surface area contributed by atoms with Crippen molar-refractivity contribution in [1.29, 1.82) is 0 Å². The topological polar surface area (TPSA) is 72.8 Å². The number of hydrogen-bond donors (Lipinski definition) is 1. The van der Waals surface area contributed by atoms with Gasteiger partial charge in [-0.1, -0.05) is 48.5 Å². The second-order valence-electron chi connectivity index (χ2n) is 6.60. The van der Waals surface area contributed by atoms with E-state index in [1.54, 1.807) is 18.2 Å². The molecule has 29 heavy (non-hydrogen) atoms. The second-order valence-corrected chi connectivity index (χ2v) is 6.60. The number of fused-ring (bicyclic) bond motifs is 2. The molecule has 0 saturated heterocycles. The Morgan fingerprint density at radius 3 is 2.00 bits per heavy atom.